The number of amides is 1. The molecule has 1 heterocycles. The molecule has 154 valence electrons. The topological polar surface area (TPSA) is 47.9 Å². The van der Waals surface area contributed by atoms with Crippen molar-refractivity contribution in [3.63, 3.8) is 0 Å². The van der Waals surface area contributed by atoms with Crippen LogP contribution in [0, 0.1) is 5.82 Å². The van der Waals surface area contributed by atoms with E-state index in [2.05, 4.69) is 17.4 Å². The molecule has 6 heteroatoms. The molecule has 1 amide bonds. The average molecular weight is 397 g/mol. The van der Waals surface area contributed by atoms with E-state index < -0.39 is 0 Å². The predicted octanol–water partition coefficient (Wildman–Crippen LogP) is 3.55. The first-order valence-electron chi connectivity index (χ1n) is 10.1. The maximum Gasteiger partial charge on any atom is 0.222 e. The molecule has 0 aliphatic carbocycles. The van der Waals surface area contributed by atoms with Crippen LogP contribution < -0.4 is 5.32 Å². The van der Waals surface area contributed by atoms with E-state index in [0.717, 1.165) is 42.2 Å². The third-order valence-corrected chi connectivity index (χ3v) is 5.08. The van der Waals surface area contributed by atoms with E-state index in [1.54, 1.807) is 12.1 Å². The third-order valence-electron chi connectivity index (χ3n) is 5.08. The minimum absolute atomic E-state index is 0.231. The highest BCUT2D eigenvalue weighted by molar-refractivity contribution is 5.80. The SMILES string of the molecule is CCNC(=NCc1ccccc1CN1CCCC1=O)N(C)Cc1ccc(F)cc1. The predicted molar refractivity (Wildman–Crippen MR) is 114 cm³/mol. The molecule has 0 saturated carbocycles. The van der Waals surface area contributed by atoms with Crippen LogP contribution in [-0.4, -0.2) is 41.8 Å². The van der Waals surface area contributed by atoms with Gasteiger partial charge in [-0.15, -0.1) is 0 Å². The Balaban J connectivity index is 1.71. The molecule has 1 aliphatic rings. The summed E-state index contributed by atoms with van der Waals surface area (Å²) < 4.78 is 13.1. The third kappa shape index (κ3) is 5.79. The monoisotopic (exact) mass is 396 g/mol. The lowest BCUT2D eigenvalue weighted by molar-refractivity contribution is -0.128. The summed E-state index contributed by atoms with van der Waals surface area (Å²) in [5.41, 5.74) is 3.29. The number of carbonyl (C=O) groups excluding carboxylic acids is 1. The Morgan fingerprint density at radius 2 is 1.90 bits per heavy atom. The van der Waals surface area contributed by atoms with Gasteiger partial charge in [0.25, 0.3) is 0 Å². The van der Waals surface area contributed by atoms with Gasteiger partial charge < -0.3 is 15.1 Å². The van der Waals surface area contributed by atoms with Crippen molar-refractivity contribution in [3.05, 3.63) is 71.0 Å². The van der Waals surface area contributed by atoms with Gasteiger partial charge >= 0.3 is 0 Å². The molecule has 0 aromatic heterocycles. The quantitative estimate of drug-likeness (QED) is 0.575. The highest BCUT2D eigenvalue weighted by atomic mass is 19.1. The van der Waals surface area contributed by atoms with Gasteiger partial charge in [-0.25, -0.2) is 9.38 Å². The van der Waals surface area contributed by atoms with Crippen molar-refractivity contribution in [2.45, 2.75) is 39.4 Å². The second kappa shape index (κ2) is 10.0. The summed E-state index contributed by atoms with van der Waals surface area (Å²) in [5, 5.41) is 3.32. The number of rotatable bonds is 7. The summed E-state index contributed by atoms with van der Waals surface area (Å²) in [6, 6.07) is 14.7. The van der Waals surface area contributed by atoms with Gasteiger partial charge in [0.2, 0.25) is 5.91 Å². The summed E-state index contributed by atoms with van der Waals surface area (Å²) in [5.74, 6) is 0.796. The maximum absolute atomic E-state index is 13.1. The Kier molecular flexibility index (Phi) is 7.22. The van der Waals surface area contributed by atoms with Gasteiger partial charge in [-0.05, 0) is 42.2 Å². The molecule has 0 atom stereocenters. The van der Waals surface area contributed by atoms with Gasteiger partial charge in [0, 0.05) is 39.6 Å². The highest BCUT2D eigenvalue weighted by Crippen LogP contribution is 2.18. The van der Waals surface area contributed by atoms with Crippen LogP contribution in [0.4, 0.5) is 4.39 Å². The first-order chi connectivity index (χ1) is 14.1. The molecule has 0 bridgehead atoms. The van der Waals surface area contributed by atoms with E-state index in [1.165, 1.54) is 12.1 Å². The van der Waals surface area contributed by atoms with Gasteiger partial charge in [-0.3, -0.25) is 4.79 Å². The standard InChI is InChI=1S/C23H29FN4O/c1-3-25-23(27(2)16-18-10-12-21(24)13-11-18)26-15-19-7-4-5-8-20(19)17-28-14-6-9-22(28)29/h4-5,7-8,10-13H,3,6,9,14-17H2,1-2H3,(H,25,26). The maximum atomic E-state index is 13.1. The molecule has 2 aromatic carbocycles. The number of nitrogens with zero attached hydrogens (tertiary/aromatic N) is 3. The van der Waals surface area contributed by atoms with Crippen LogP contribution >= 0.6 is 0 Å². The first kappa shape index (κ1) is 20.8. The van der Waals surface area contributed by atoms with Crippen LogP contribution in [0.5, 0.6) is 0 Å². The molecule has 5 nitrogen and oxygen atoms in total. The molecular formula is C23H29FN4O. The van der Waals surface area contributed by atoms with Crippen LogP contribution in [0.15, 0.2) is 53.5 Å². The molecule has 3 rings (SSSR count). The van der Waals surface area contributed by atoms with Crippen molar-refractivity contribution >= 4 is 11.9 Å². The van der Waals surface area contributed by atoms with Crippen LogP contribution in [0.2, 0.25) is 0 Å². The Hall–Kier alpha value is -2.89. The zero-order chi connectivity index (χ0) is 20.6. The minimum atomic E-state index is -0.231. The fourth-order valence-corrected chi connectivity index (χ4v) is 3.51. The van der Waals surface area contributed by atoms with Crippen molar-refractivity contribution < 1.29 is 9.18 Å². The lowest BCUT2D eigenvalue weighted by atomic mass is 10.1. The number of likely N-dealkylation sites (tertiary alicyclic amines) is 1. The van der Waals surface area contributed by atoms with E-state index >= 15 is 0 Å². The number of benzene rings is 2. The van der Waals surface area contributed by atoms with Crippen molar-refractivity contribution in [1.82, 2.24) is 15.1 Å². The number of halogens is 1. The van der Waals surface area contributed by atoms with E-state index in [-0.39, 0.29) is 11.7 Å². The smallest absolute Gasteiger partial charge is 0.222 e. The van der Waals surface area contributed by atoms with Gasteiger partial charge in [0.15, 0.2) is 5.96 Å². The molecule has 29 heavy (non-hydrogen) atoms. The number of aliphatic imine (C=N–C) groups is 1. The molecule has 0 unspecified atom stereocenters. The first-order valence-corrected chi connectivity index (χ1v) is 10.1. The van der Waals surface area contributed by atoms with Crippen molar-refractivity contribution in [2.24, 2.45) is 4.99 Å². The van der Waals surface area contributed by atoms with Crippen molar-refractivity contribution in [3.8, 4) is 0 Å². The van der Waals surface area contributed by atoms with E-state index in [0.29, 0.717) is 26.1 Å². The van der Waals surface area contributed by atoms with Crippen LogP contribution in [0.1, 0.15) is 36.5 Å². The largest absolute Gasteiger partial charge is 0.357 e. The van der Waals surface area contributed by atoms with Gasteiger partial charge in [-0.1, -0.05) is 36.4 Å². The normalized spacial score (nSPS) is 14.4. The van der Waals surface area contributed by atoms with E-state index in [4.69, 9.17) is 4.99 Å². The summed E-state index contributed by atoms with van der Waals surface area (Å²) in [4.78, 5) is 20.7. The molecule has 0 spiro atoms. The lowest BCUT2D eigenvalue weighted by Crippen LogP contribution is -2.38. The van der Waals surface area contributed by atoms with Crippen LogP contribution in [-0.2, 0) is 24.4 Å². The molecular weight excluding hydrogens is 367 g/mol. The van der Waals surface area contributed by atoms with E-state index in [1.807, 2.05) is 35.9 Å². The molecule has 0 radical (unpaired) electrons. The van der Waals surface area contributed by atoms with Gasteiger partial charge in [0.1, 0.15) is 5.82 Å². The van der Waals surface area contributed by atoms with Crippen molar-refractivity contribution in [2.75, 3.05) is 20.1 Å². The Labute approximate surface area is 172 Å². The zero-order valence-corrected chi connectivity index (χ0v) is 17.2. The van der Waals surface area contributed by atoms with Crippen molar-refractivity contribution in [1.29, 1.82) is 0 Å². The summed E-state index contributed by atoms with van der Waals surface area (Å²) in [6.45, 7) is 5.45. The average Bonchev–Trinajstić information content (AvgIpc) is 3.12. The van der Waals surface area contributed by atoms with E-state index in [9.17, 15) is 9.18 Å². The Bertz CT molecular complexity index is 850. The Morgan fingerprint density at radius 3 is 2.55 bits per heavy atom. The van der Waals surface area contributed by atoms with Gasteiger partial charge in [0.05, 0.1) is 6.54 Å². The fourth-order valence-electron chi connectivity index (χ4n) is 3.51. The number of hydrogen-bond donors (Lipinski definition) is 1. The van der Waals surface area contributed by atoms with Crippen LogP contribution in [0.25, 0.3) is 0 Å². The summed E-state index contributed by atoms with van der Waals surface area (Å²) in [7, 11) is 1.97. The molecule has 2 aromatic rings. The molecule has 1 saturated heterocycles. The number of carbonyl (C=O) groups is 1. The Morgan fingerprint density at radius 1 is 1.17 bits per heavy atom. The number of guanidine groups is 1. The number of hydrogen-bond acceptors (Lipinski definition) is 2. The molecule has 1 fully saturated rings. The van der Waals surface area contributed by atoms with Gasteiger partial charge in [-0.2, -0.15) is 0 Å². The lowest BCUT2D eigenvalue weighted by Gasteiger charge is -2.22. The zero-order valence-electron chi connectivity index (χ0n) is 17.2. The van der Waals surface area contributed by atoms with Crippen LogP contribution in [0.3, 0.4) is 0 Å². The number of nitrogens with one attached hydrogen (secondary N) is 1. The second-order valence-electron chi connectivity index (χ2n) is 7.34. The fraction of sp³-hybridized carbons (Fsp3) is 0.391. The summed E-state index contributed by atoms with van der Waals surface area (Å²) >= 11 is 0. The summed E-state index contributed by atoms with van der Waals surface area (Å²) in [6.07, 6.45) is 1.59. The second-order valence-corrected chi connectivity index (χ2v) is 7.34. The minimum Gasteiger partial charge on any atom is -0.357 e. The molecule has 1 aliphatic heterocycles. The highest BCUT2D eigenvalue weighted by Gasteiger charge is 2.20. The molecule has 1 N–H and O–H groups in total.